The molecule has 0 N–H and O–H groups in total. The third kappa shape index (κ3) is 2.32. The van der Waals surface area contributed by atoms with Crippen molar-refractivity contribution in [2.24, 2.45) is 5.92 Å². The number of hydrogen-bond acceptors (Lipinski definition) is 2. The van der Waals surface area contributed by atoms with E-state index in [2.05, 4.69) is 47.1 Å². The van der Waals surface area contributed by atoms with Gasteiger partial charge < -0.3 is 4.74 Å². The van der Waals surface area contributed by atoms with Crippen molar-refractivity contribution in [3.05, 3.63) is 45.6 Å². The van der Waals surface area contributed by atoms with Gasteiger partial charge in [0.1, 0.15) is 0 Å². The molecule has 2 aliphatic rings. The van der Waals surface area contributed by atoms with Gasteiger partial charge in [-0.2, -0.15) is 0 Å². The van der Waals surface area contributed by atoms with Crippen LogP contribution in [0.5, 0.6) is 0 Å². The van der Waals surface area contributed by atoms with E-state index >= 15 is 0 Å². The molecule has 0 amide bonds. The van der Waals surface area contributed by atoms with Gasteiger partial charge in [-0.3, -0.25) is 4.79 Å². The van der Waals surface area contributed by atoms with Crippen molar-refractivity contribution in [2.45, 2.75) is 38.5 Å². The average molecular weight is 335 g/mol. The second-order valence-electron chi connectivity index (χ2n) is 5.60. The molecule has 0 radical (unpaired) electrons. The van der Waals surface area contributed by atoms with E-state index in [9.17, 15) is 4.79 Å². The zero-order valence-corrected chi connectivity index (χ0v) is 13.3. The lowest BCUT2D eigenvalue weighted by molar-refractivity contribution is -0.122. The quantitative estimate of drug-likeness (QED) is 0.807. The highest BCUT2D eigenvalue weighted by Gasteiger charge is 2.43. The molecule has 1 heterocycles. The lowest BCUT2D eigenvalue weighted by Crippen LogP contribution is -2.17. The van der Waals surface area contributed by atoms with Gasteiger partial charge in [-0.25, -0.2) is 0 Å². The van der Waals surface area contributed by atoms with Gasteiger partial charge in [0.05, 0.1) is 6.61 Å². The topological polar surface area (TPSA) is 26.3 Å². The van der Waals surface area contributed by atoms with Gasteiger partial charge in [-0.05, 0) is 42.5 Å². The molecule has 1 aliphatic heterocycles. The largest absolute Gasteiger partial charge is 0.490 e. The smallest absolute Gasteiger partial charge is 0.201 e. The Morgan fingerprint density at radius 3 is 2.75 bits per heavy atom. The second kappa shape index (κ2) is 5.72. The van der Waals surface area contributed by atoms with Crippen LogP contribution in [0.25, 0.3) is 0 Å². The zero-order valence-electron chi connectivity index (χ0n) is 11.7. The highest BCUT2D eigenvalue weighted by atomic mass is 79.9. The molecule has 2 atom stereocenters. The molecular weight excluding hydrogens is 316 g/mol. The number of carbonyl (C=O) groups is 1. The molecule has 20 heavy (non-hydrogen) atoms. The summed E-state index contributed by atoms with van der Waals surface area (Å²) in [5.74, 6) is 1.22. The van der Waals surface area contributed by atoms with Crippen LogP contribution < -0.4 is 0 Å². The van der Waals surface area contributed by atoms with Crippen molar-refractivity contribution in [3.63, 3.8) is 0 Å². The Hall–Kier alpha value is -1.09. The summed E-state index contributed by atoms with van der Waals surface area (Å²) in [6, 6.07) is 8.39. The van der Waals surface area contributed by atoms with E-state index in [0.717, 1.165) is 30.2 Å². The summed E-state index contributed by atoms with van der Waals surface area (Å²) in [5, 5.41) is 0. The molecule has 0 fully saturated rings. The zero-order chi connectivity index (χ0) is 14.1. The predicted octanol–water partition coefficient (Wildman–Crippen LogP) is 4.60. The highest BCUT2D eigenvalue weighted by molar-refractivity contribution is 9.10. The molecule has 1 aliphatic carbocycles. The van der Waals surface area contributed by atoms with E-state index in [-0.39, 0.29) is 17.6 Å². The maximum Gasteiger partial charge on any atom is 0.201 e. The molecule has 0 aromatic heterocycles. The Kier molecular flexibility index (Phi) is 3.97. The summed E-state index contributed by atoms with van der Waals surface area (Å²) in [4.78, 5) is 12.6. The second-order valence-corrected chi connectivity index (χ2v) is 6.51. The number of ether oxygens (including phenoxy) is 1. The van der Waals surface area contributed by atoms with Crippen LogP contribution in [0, 0.1) is 5.92 Å². The molecule has 1 aromatic carbocycles. The van der Waals surface area contributed by atoms with Gasteiger partial charge in [0.25, 0.3) is 0 Å². The highest BCUT2D eigenvalue weighted by Crippen LogP contribution is 2.47. The van der Waals surface area contributed by atoms with Gasteiger partial charge in [0.15, 0.2) is 5.76 Å². The Bertz CT molecular complexity index is 545. The minimum Gasteiger partial charge on any atom is -0.490 e. The number of benzene rings is 1. The van der Waals surface area contributed by atoms with Crippen LogP contribution in [0.2, 0.25) is 0 Å². The van der Waals surface area contributed by atoms with Crippen LogP contribution in [0.1, 0.15) is 44.1 Å². The summed E-state index contributed by atoms with van der Waals surface area (Å²) < 4.78 is 6.76. The summed E-state index contributed by atoms with van der Waals surface area (Å²) in [5.41, 5.74) is 2.48. The monoisotopic (exact) mass is 334 g/mol. The Morgan fingerprint density at radius 2 is 2.05 bits per heavy atom. The minimum absolute atomic E-state index is 0.0734. The molecule has 0 saturated carbocycles. The molecule has 3 rings (SSSR count). The SMILES string of the molecule is CCC[C@@H]1C(=O)C2=C(CCCO2)[C@@H]1c1ccc(Br)cc1. The summed E-state index contributed by atoms with van der Waals surface area (Å²) in [7, 11) is 0. The number of Topliss-reactive ketones (excluding diaryl/α,β-unsaturated/α-hetero) is 1. The molecule has 1 aromatic rings. The lowest BCUT2D eigenvalue weighted by Gasteiger charge is -2.22. The van der Waals surface area contributed by atoms with Crippen molar-refractivity contribution in [3.8, 4) is 0 Å². The number of carbonyl (C=O) groups excluding carboxylic acids is 1. The fourth-order valence-corrected chi connectivity index (χ4v) is 3.71. The number of rotatable bonds is 3. The van der Waals surface area contributed by atoms with Crippen LogP contribution in [-0.4, -0.2) is 12.4 Å². The summed E-state index contributed by atoms with van der Waals surface area (Å²) in [6.07, 6.45) is 4.00. The molecule has 106 valence electrons. The molecule has 3 heteroatoms. The number of ketones is 1. The van der Waals surface area contributed by atoms with Crippen molar-refractivity contribution in [2.75, 3.05) is 6.61 Å². The van der Waals surface area contributed by atoms with E-state index in [0.29, 0.717) is 12.4 Å². The van der Waals surface area contributed by atoms with Crippen LogP contribution >= 0.6 is 15.9 Å². The molecule has 0 unspecified atom stereocenters. The van der Waals surface area contributed by atoms with Gasteiger partial charge in [-0.15, -0.1) is 0 Å². The number of hydrogen-bond donors (Lipinski definition) is 0. The molecular formula is C17H19BrO2. The van der Waals surface area contributed by atoms with Crippen LogP contribution in [0.15, 0.2) is 40.1 Å². The first-order chi connectivity index (χ1) is 9.72. The molecule has 0 bridgehead atoms. The Balaban J connectivity index is 2.01. The first-order valence-corrected chi connectivity index (χ1v) is 8.17. The minimum atomic E-state index is 0.0734. The van der Waals surface area contributed by atoms with Crippen molar-refractivity contribution in [1.29, 1.82) is 0 Å². The van der Waals surface area contributed by atoms with Crippen LogP contribution in [0.3, 0.4) is 0 Å². The number of halogens is 1. The lowest BCUT2D eigenvalue weighted by atomic mass is 9.81. The Morgan fingerprint density at radius 1 is 1.30 bits per heavy atom. The van der Waals surface area contributed by atoms with Gasteiger partial charge in [0.2, 0.25) is 5.78 Å². The molecule has 2 nitrogen and oxygen atoms in total. The van der Waals surface area contributed by atoms with E-state index < -0.39 is 0 Å². The van der Waals surface area contributed by atoms with E-state index in [1.807, 2.05) is 0 Å². The fraction of sp³-hybridized carbons (Fsp3) is 0.471. The van der Waals surface area contributed by atoms with E-state index in [4.69, 9.17) is 4.74 Å². The van der Waals surface area contributed by atoms with Crippen LogP contribution in [0.4, 0.5) is 0 Å². The standard InChI is InChI=1S/C17H19BrO2/c1-2-4-13-15(11-6-8-12(18)9-7-11)14-5-3-10-20-17(14)16(13)19/h6-9,13,15H,2-5,10H2,1H3/t13-,15+/m0/s1. The van der Waals surface area contributed by atoms with Gasteiger partial charge in [-0.1, -0.05) is 41.4 Å². The van der Waals surface area contributed by atoms with Crippen molar-refractivity contribution in [1.82, 2.24) is 0 Å². The van der Waals surface area contributed by atoms with Crippen molar-refractivity contribution < 1.29 is 9.53 Å². The molecule has 0 saturated heterocycles. The fourth-order valence-electron chi connectivity index (χ4n) is 3.44. The van der Waals surface area contributed by atoms with E-state index in [1.54, 1.807) is 0 Å². The van der Waals surface area contributed by atoms with Gasteiger partial charge in [0, 0.05) is 16.3 Å². The molecule has 0 spiro atoms. The maximum atomic E-state index is 12.6. The third-order valence-electron chi connectivity index (χ3n) is 4.30. The first-order valence-electron chi connectivity index (χ1n) is 7.38. The normalized spacial score (nSPS) is 25.6. The van der Waals surface area contributed by atoms with Crippen molar-refractivity contribution >= 4 is 21.7 Å². The summed E-state index contributed by atoms with van der Waals surface area (Å²) >= 11 is 3.48. The predicted molar refractivity (Wildman–Crippen MR) is 82.5 cm³/mol. The number of allylic oxidation sites excluding steroid dienone is 2. The average Bonchev–Trinajstić information content (AvgIpc) is 2.74. The third-order valence-corrected chi connectivity index (χ3v) is 4.82. The summed E-state index contributed by atoms with van der Waals surface area (Å²) in [6.45, 7) is 2.83. The first kappa shape index (κ1) is 13.9. The maximum absolute atomic E-state index is 12.6. The Labute approximate surface area is 128 Å². The van der Waals surface area contributed by atoms with Gasteiger partial charge >= 0.3 is 0 Å². The van der Waals surface area contributed by atoms with E-state index in [1.165, 1.54) is 11.1 Å². The van der Waals surface area contributed by atoms with Crippen LogP contribution in [-0.2, 0) is 9.53 Å².